The molecule has 212 valence electrons. The number of nitrogens with zero attached hydrogens (tertiary/aromatic N) is 2. The quantitative estimate of drug-likeness (QED) is 0.129. The third-order valence-electron chi connectivity index (χ3n) is 6.30. The molecule has 0 aliphatic heterocycles. The van der Waals surface area contributed by atoms with E-state index in [1.807, 2.05) is 10.9 Å². The summed E-state index contributed by atoms with van der Waals surface area (Å²) in [5.41, 5.74) is -2.79. The van der Waals surface area contributed by atoms with Crippen LogP contribution < -0.4 is 10.1 Å². The van der Waals surface area contributed by atoms with Gasteiger partial charge in [-0.15, -0.1) is 0 Å². The monoisotopic (exact) mass is 565 g/mol. The molecule has 0 aliphatic carbocycles. The molecule has 0 bridgehead atoms. The first kappa shape index (κ1) is 30.5. The van der Waals surface area contributed by atoms with Crippen molar-refractivity contribution in [1.82, 2.24) is 15.1 Å². The van der Waals surface area contributed by atoms with Crippen molar-refractivity contribution in [3.63, 3.8) is 0 Å². The number of Topliss-reactive ketones (excluding diaryl/α,β-unsaturated/α-hetero) is 1. The molecule has 39 heavy (non-hydrogen) atoms. The number of ether oxygens (including phenoxy) is 2. The number of hydrogen-bond donors (Lipinski definition) is 1. The summed E-state index contributed by atoms with van der Waals surface area (Å²) in [4.78, 5) is 25.3. The molecule has 0 spiro atoms. The fourth-order valence-corrected chi connectivity index (χ4v) is 5.05. The lowest BCUT2D eigenvalue weighted by molar-refractivity contribution is -0.0328. The van der Waals surface area contributed by atoms with E-state index in [2.05, 4.69) is 17.3 Å². The summed E-state index contributed by atoms with van der Waals surface area (Å²) >= 11 is -0.193. The SMILES string of the molecule is CCCC(CCCC(=O)c1ccc(SC(F)(F)F)cc1)Cn1cc2c(OC)c(C(=O)NCCOC)ccc2n1. The molecule has 1 N–H and O–H groups in total. The van der Waals surface area contributed by atoms with Crippen molar-refractivity contribution < 1.29 is 32.2 Å². The smallest absolute Gasteiger partial charge is 0.446 e. The summed E-state index contributed by atoms with van der Waals surface area (Å²) in [5, 5.41) is 8.23. The van der Waals surface area contributed by atoms with Crippen LogP contribution in [0.5, 0.6) is 5.75 Å². The van der Waals surface area contributed by atoms with Crippen LogP contribution in [0, 0.1) is 5.92 Å². The molecule has 0 radical (unpaired) electrons. The summed E-state index contributed by atoms with van der Waals surface area (Å²) < 4.78 is 50.0. The van der Waals surface area contributed by atoms with Gasteiger partial charge in [-0.1, -0.05) is 25.5 Å². The van der Waals surface area contributed by atoms with Gasteiger partial charge in [0.1, 0.15) is 5.75 Å². The Morgan fingerprint density at radius 2 is 1.85 bits per heavy atom. The summed E-state index contributed by atoms with van der Waals surface area (Å²) in [5.74, 6) is 0.414. The van der Waals surface area contributed by atoms with E-state index in [0.29, 0.717) is 49.4 Å². The zero-order valence-electron chi connectivity index (χ0n) is 22.3. The number of hydrogen-bond acceptors (Lipinski definition) is 6. The molecule has 7 nitrogen and oxygen atoms in total. The molecule has 1 aromatic heterocycles. The fraction of sp³-hybridized carbons (Fsp3) is 0.464. The van der Waals surface area contributed by atoms with E-state index in [-0.39, 0.29) is 34.3 Å². The third kappa shape index (κ3) is 8.99. The molecule has 11 heteroatoms. The molecule has 3 aromatic rings. The van der Waals surface area contributed by atoms with E-state index in [1.54, 1.807) is 19.2 Å². The Bertz CT molecular complexity index is 1250. The summed E-state index contributed by atoms with van der Waals surface area (Å²) in [6.07, 6.45) is 5.61. The van der Waals surface area contributed by atoms with Crippen molar-refractivity contribution in [3.05, 3.63) is 53.7 Å². The molecule has 0 saturated heterocycles. The number of amides is 1. The average molecular weight is 566 g/mol. The number of aromatic nitrogens is 2. The zero-order valence-corrected chi connectivity index (χ0v) is 23.2. The molecule has 0 saturated carbocycles. The van der Waals surface area contributed by atoms with Crippen molar-refractivity contribution in [2.75, 3.05) is 27.4 Å². The summed E-state index contributed by atoms with van der Waals surface area (Å²) in [6.45, 7) is 3.56. The number of methoxy groups -OCH3 is 2. The number of thioether (sulfide) groups is 1. The normalized spacial score (nSPS) is 12.5. The van der Waals surface area contributed by atoms with E-state index in [1.165, 1.54) is 31.4 Å². The van der Waals surface area contributed by atoms with Crippen LogP contribution in [0.2, 0.25) is 0 Å². The van der Waals surface area contributed by atoms with Crippen LogP contribution in [0.1, 0.15) is 59.7 Å². The average Bonchev–Trinajstić information content (AvgIpc) is 3.30. The lowest BCUT2D eigenvalue weighted by Crippen LogP contribution is -2.27. The standard InChI is InChI=1S/C28H34F3N3O4S/c1-4-6-19(7-5-8-25(35)20-9-11-21(12-10-20)39-28(29,30)31)17-34-18-23-24(33-34)14-13-22(26(23)38-3)27(36)32-15-16-37-2/h9-14,18-19H,4-8,15-17H2,1-3H3,(H,32,36). The largest absolute Gasteiger partial charge is 0.495 e. The van der Waals surface area contributed by atoms with Crippen LogP contribution in [0.4, 0.5) is 13.2 Å². The molecule has 0 fully saturated rings. The van der Waals surface area contributed by atoms with Crippen molar-refractivity contribution >= 4 is 34.4 Å². The van der Waals surface area contributed by atoms with Gasteiger partial charge in [-0.2, -0.15) is 18.3 Å². The highest BCUT2D eigenvalue weighted by atomic mass is 32.2. The number of ketones is 1. The Morgan fingerprint density at radius 3 is 2.49 bits per heavy atom. The van der Waals surface area contributed by atoms with Crippen LogP contribution in [0.15, 0.2) is 47.5 Å². The number of fused-ring (bicyclic) bond motifs is 1. The highest BCUT2D eigenvalue weighted by Crippen LogP contribution is 2.37. The number of carbonyl (C=O) groups excluding carboxylic acids is 2. The molecule has 3 rings (SSSR count). The maximum atomic E-state index is 12.6. The second kappa shape index (κ2) is 14.4. The first-order valence-electron chi connectivity index (χ1n) is 12.9. The van der Waals surface area contributed by atoms with Gasteiger partial charge < -0.3 is 14.8 Å². The Labute approximate surface area is 230 Å². The summed E-state index contributed by atoms with van der Waals surface area (Å²) in [7, 11) is 3.09. The molecule has 2 aromatic carbocycles. The molecule has 1 heterocycles. The molecule has 1 unspecified atom stereocenters. The molecule has 1 atom stereocenters. The topological polar surface area (TPSA) is 82.5 Å². The van der Waals surface area contributed by atoms with Gasteiger partial charge in [0.25, 0.3) is 5.91 Å². The Balaban J connectivity index is 1.62. The Kier molecular flexibility index (Phi) is 11.2. The first-order chi connectivity index (χ1) is 18.6. The maximum absolute atomic E-state index is 12.6. The Hall–Kier alpha value is -3.05. The van der Waals surface area contributed by atoms with Gasteiger partial charge in [0.05, 0.1) is 30.2 Å². The lowest BCUT2D eigenvalue weighted by Gasteiger charge is -2.16. The minimum atomic E-state index is -4.35. The fourth-order valence-electron chi connectivity index (χ4n) is 4.51. The van der Waals surface area contributed by atoms with Crippen molar-refractivity contribution in [1.29, 1.82) is 0 Å². The lowest BCUT2D eigenvalue weighted by atomic mass is 9.95. The van der Waals surface area contributed by atoms with E-state index in [0.717, 1.165) is 30.2 Å². The summed E-state index contributed by atoms with van der Waals surface area (Å²) in [6, 6.07) is 9.06. The van der Waals surface area contributed by atoms with Crippen molar-refractivity contribution in [2.45, 2.75) is 56.0 Å². The Morgan fingerprint density at radius 1 is 1.10 bits per heavy atom. The van der Waals surface area contributed by atoms with Crippen LogP contribution in [-0.4, -0.2) is 54.4 Å². The van der Waals surface area contributed by atoms with Gasteiger partial charge in [0.15, 0.2) is 5.78 Å². The van der Waals surface area contributed by atoms with Gasteiger partial charge in [-0.3, -0.25) is 14.3 Å². The molecule has 0 aliphatic rings. The number of halogens is 3. The minimum absolute atomic E-state index is 0.0594. The number of alkyl halides is 3. The van der Waals surface area contributed by atoms with Gasteiger partial charge >= 0.3 is 5.51 Å². The van der Waals surface area contributed by atoms with E-state index < -0.39 is 5.51 Å². The van der Waals surface area contributed by atoms with Gasteiger partial charge in [-0.05, 0) is 61.2 Å². The molecule has 1 amide bonds. The zero-order chi connectivity index (χ0) is 28.4. The third-order valence-corrected chi connectivity index (χ3v) is 7.04. The second-order valence-electron chi connectivity index (χ2n) is 9.22. The van der Waals surface area contributed by atoms with E-state index in [4.69, 9.17) is 9.47 Å². The maximum Gasteiger partial charge on any atom is 0.446 e. The van der Waals surface area contributed by atoms with Gasteiger partial charge in [0.2, 0.25) is 0 Å². The number of nitrogens with one attached hydrogen (secondary N) is 1. The van der Waals surface area contributed by atoms with Crippen LogP contribution in [0.25, 0.3) is 10.9 Å². The minimum Gasteiger partial charge on any atom is -0.495 e. The van der Waals surface area contributed by atoms with Crippen molar-refractivity contribution in [3.8, 4) is 5.75 Å². The van der Waals surface area contributed by atoms with Gasteiger partial charge in [0, 0.05) is 43.3 Å². The molecular weight excluding hydrogens is 531 g/mol. The first-order valence-corrected chi connectivity index (χ1v) is 13.7. The second-order valence-corrected chi connectivity index (χ2v) is 10.4. The van der Waals surface area contributed by atoms with Crippen LogP contribution >= 0.6 is 11.8 Å². The van der Waals surface area contributed by atoms with Crippen LogP contribution in [-0.2, 0) is 11.3 Å². The van der Waals surface area contributed by atoms with Crippen molar-refractivity contribution in [2.24, 2.45) is 5.92 Å². The van der Waals surface area contributed by atoms with Crippen LogP contribution in [0.3, 0.4) is 0 Å². The number of carbonyl (C=O) groups is 2. The highest BCUT2D eigenvalue weighted by molar-refractivity contribution is 8.00. The predicted molar refractivity (Wildman–Crippen MR) is 145 cm³/mol. The van der Waals surface area contributed by atoms with E-state index in [9.17, 15) is 22.8 Å². The van der Waals surface area contributed by atoms with Gasteiger partial charge in [-0.25, -0.2) is 0 Å². The molecular formula is C28H34F3N3O4S. The number of benzene rings is 2. The highest BCUT2D eigenvalue weighted by Gasteiger charge is 2.29. The predicted octanol–water partition coefficient (Wildman–Crippen LogP) is 6.50. The number of rotatable bonds is 15. The van der Waals surface area contributed by atoms with E-state index >= 15 is 0 Å².